The molecule has 0 aromatic carbocycles. The van der Waals surface area contributed by atoms with Gasteiger partial charge in [0.2, 0.25) is 0 Å². The monoisotopic (exact) mass is 341 g/mol. The molecular weight excluding hydrogens is 326 g/mol. The Kier molecular flexibility index (Phi) is 4.76. The molecule has 1 unspecified atom stereocenters. The van der Waals surface area contributed by atoms with Gasteiger partial charge in [-0.25, -0.2) is 4.68 Å². The van der Waals surface area contributed by atoms with Crippen LogP contribution in [-0.4, -0.2) is 15.8 Å². The maximum absolute atomic E-state index is 11.9. The Morgan fingerprint density at radius 2 is 2.37 bits per heavy atom. The van der Waals surface area contributed by atoms with Gasteiger partial charge >= 0.3 is 0 Å². The fourth-order valence-electron chi connectivity index (χ4n) is 1.87. The van der Waals surface area contributed by atoms with Crippen LogP contribution in [0.4, 0.5) is 5.69 Å². The van der Waals surface area contributed by atoms with E-state index in [4.69, 9.17) is 0 Å². The van der Waals surface area contributed by atoms with E-state index in [0.717, 1.165) is 12.1 Å². The first-order valence-corrected chi connectivity index (χ1v) is 7.88. The van der Waals surface area contributed by atoms with Gasteiger partial charge in [0.25, 0.3) is 5.56 Å². The van der Waals surface area contributed by atoms with Crippen LogP contribution < -0.4 is 10.9 Å². The number of nitrogens with zero attached hydrogens (tertiary/aromatic N) is 2. The molecule has 0 amide bonds. The van der Waals surface area contributed by atoms with Crippen molar-refractivity contribution >= 4 is 33.0 Å². The SMILES string of the molecule is CCn1ncc(NC(C)Cc2ccsc2)c(Br)c1=O. The average Bonchev–Trinajstić information content (AvgIpc) is 2.88. The normalized spacial score (nSPS) is 12.4. The van der Waals surface area contributed by atoms with E-state index in [9.17, 15) is 4.79 Å². The van der Waals surface area contributed by atoms with E-state index in [-0.39, 0.29) is 11.6 Å². The van der Waals surface area contributed by atoms with Crippen molar-refractivity contribution in [3.63, 3.8) is 0 Å². The number of rotatable bonds is 5. The van der Waals surface area contributed by atoms with Crippen LogP contribution in [-0.2, 0) is 13.0 Å². The van der Waals surface area contributed by atoms with E-state index < -0.39 is 0 Å². The van der Waals surface area contributed by atoms with E-state index in [0.29, 0.717) is 11.0 Å². The number of hydrogen-bond acceptors (Lipinski definition) is 4. The lowest BCUT2D eigenvalue weighted by Gasteiger charge is -2.15. The first-order valence-electron chi connectivity index (χ1n) is 6.15. The minimum absolute atomic E-state index is 0.102. The number of thiophene rings is 1. The Morgan fingerprint density at radius 3 is 3.00 bits per heavy atom. The summed E-state index contributed by atoms with van der Waals surface area (Å²) in [6.07, 6.45) is 2.62. The summed E-state index contributed by atoms with van der Waals surface area (Å²) in [5.41, 5.74) is 1.95. The molecule has 0 fully saturated rings. The molecule has 0 radical (unpaired) electrons. The van der Waals surface area contributed by atoms with Crippen LogP contribution >= 0.6 is 27.3 Å². The highest BCUT2D eigenvalue weighted by Crippen LogP contribution is 2.18. The second-order valence-electron chi connectivity index (χ2n) is 4.37. The van der Waals surface area contributed by atoms with E-state index in [1.54, 1.807) is 17.5 Å². The van der Waals surface area contributed by atoms with E-state index in [2.05, 4.69) is 50.1 Å². The molecule has 0 aliphatic heterocycles. The van der Waals surface area contributed by atoms with Gasteiger partial charge in [0, 0.05) is 12.6 Å². The van der Waals surface area contributed by atoms with Gasteiger partial charge in [-0.2, -0.15) is 16.4 Å². The number of aromatic nitrogens is 2. The summed E-state index contributed by atoms with van der Waals surface area (Å²) in [6, 6.07) is 2.36. The molecule has 0 bridgehead atoms. The number of anilines is 1. The van der Waals surface area contributed by atoms with E-state index >= 15 is 0 Å². The molecule has 0 saturated heterocycles. The van der Waals surface area contributed by atoms with Crippen LogP contribution in [0.5, 0.6) is 0 Å². The second-order valence-corrected chi connectivity index (χ2v) is 5.95. The molecule has 0 saturated carbocycles. The minimum atomic E-state index is -0.102. The molecule has 19 heavy (non-hydrogen) atoms. The lowest BCUT2D eigenvalue weighted by molar-refractivity contribution is 0.611. The zero-order chi connectivity index (χ0) is 13.8. The van der Waals surface area contributed by atoms with Crippen molar-refractivity contribution in [3.8, 4) is 0 Å². The Labute approximate surface area is 124 Å². The zero-order valence-electron chi connectivity index (χ0n) is 10.9. The molecule has 6 heteroatoms. The molecule has 2 rings (SSSR count). The molecule has 0 aliphatic rings. The average molecular weight is 342 g/mol. The van der Waals surface area contributed by atoms with Gasteiger partial charge in [0.05, 0.1) is 11.9 Å². The highest BCUT2D eigenvalue weighted by atomic mass is 79.9. The van der Waals surface area contributed by atoms with E-state index in [1.807, 2.05) is 6.92 Å². The fraction of sp³-hybridized carbons (Fsp3) is 0.385. The molecule has 1 atom stereocenters. The summed E-state index contributed by atoms with van der Waals surface area (Å²) in [6.45, 7) is 4.56. The van der Waals surface area contributed by atoms with Crippen molar-refractivity contribution in [2.75, 3.05) is 5.32 Å². The Bertz CT molecular complexity index is 594. The first kappa shape index (κ1) is 14.3. The molecule has 2 aromatic rings. The van der Waals surface area contributed by atoms with Gasteiger partial charge in [-0.15, -0.1) is 0 Å². The van der Waals surface area contributed by atoms with Crippen molar-refractivity contribution in [2.24, 2.45) is 0 Å². The number of halogens is 1. The summed E-state index contributed by atoms with van der Waals surface area (Å²) in [7, 11) is 0. The maximum atomic E-state index is 11.9. The fourth-order valence-corrected chi connectivity index (χ4v) is 2.97. The number of nitrogens with one attached hydrogen (secondary N) is 1. The molecule has 2 aromatic heterocycles. The first-order chi connectivity index (χ1) is 9.11. The highest BCUT2D eigenvalue weighted by Gasteiger charge is 2.11. The third kappa shape index (κ3) is 3.45. The van der Waals surface area contributed by atoms with Gasteiger partial charge in [0.15, 0.2) is 0 Å². The quantitative estimate of drug-likeness (QED) is 0.908. The largest absolute Gasteiger partial charge is 0.380 e. The topological polar surface area (TPSA) is 46.9 Å². The summed E-state index contributed by atoms with van der Waals surface area (Å²) in [5.74, 6) is 0. The number of aryl methyl sites for hydroxylation is 1. The van der Waals surface area contributed by atoms with Gasteiger partial charge in [-0.05, 0) is 58.6 Å². The molecule has 1 N–H and O–H groups in total. The number of hydrogen-bond donors (Lipinski definition) is 1. The maximum Gasteiger partial charge on any atom is 0.283 e. The summed E-state index contributed by atoms with van der Waals surface area (Å²) in [5, 5.41) is 11.7. The lowest BCUT2D eigenvalue weighted by Crippen LogP contribution is -2.26. The van der Waals surface area contributed by atoms with Crippen LogP contribution in [0.15, 0.2) is 32.3 Å². The van der Waals surface area contributed by atoms with E-state index in [1.165, 1.54) is 10.2 Å². The molecule has 0 spiro atoms. The second kappa shape index (κ2) is 6.34. The van der Waals surface area contributed by atoms with Crippen molar-refractivity contribution in [1.29, 1.82) is 0 Å². The molecular formula is C13H16BrN3OS. The van der Waals surface area contributed by atoms with Gasteiger partial charge < -0.3 is 5.32 Å². The molecule has 2 heterocycles. The Hall–Kier alpha value is -1.14. The van der Waals surface area contributed by atoms with Gasteiger partial charge in [-0.3, -0.25) is 4.79 Å². The summed E-state index contributed by atoms with van der Waals surface area (Å²) in [4.78, 5) is 11.9. The van der Waals surface area contributed by atoms with Crippen molar-refractivity contribution in [3.05, 3.63) is 43.4 Å². The van der Waals surface area contributed by atoms with Crippen molar-refractivity contribution < 1.29 is 0 Å². The van der Waals surface area contributed by atoms with Crippen LogP contribution in [0.3, 0.4) is 0 Å². The lowest BCUT2D eigenvalue weighted by atomic mass is 10.1. The molecule has 4 nitrogen and oxygen atoms in total. The minimum Gasteiger partial charge on any atom is -0.380 e. The third-order valence-corrected chi connectivity index (χ3v) is 4.31. The smallest absolute Gasteiger partial charge is 0.283 e. The Balaban J connectivity index is 2.11. The van der Waals surface area contributed by atoms with Gasteiger partial charge in [-0.1, -0.05) is 0 Å². The van der Waals surface area contributed by atoms with Crippen molar-refractivity contribution in [1.82, 2.24) is 9.78 Å². The van der Waals surface area contributed by atoms with Crippen LogP contribution in [0.1, 0.15) is 19.4 Å². The predicted molar refractivity (Wildman–Crippen MR) is 83.0 cm³/mol. The Morgan fingerprint density at radius 1 is 1.58 bits per heavy atom. The zero-order valence-corrected chi connectivity index (χ0v) is 13.3. The summed E-state index contributed by atoms with van der Waals surface area (Å²) < 4.78 is 1.97. The summed E-state index contributed by atoms with van der Waals surface area (Å²) >= 11 is 5.04. The molecule has 0 aliphatic carbocycles. The van der Waals surface area contributed by atoms with Crippen LogP contribution in [0.25, 0.3) is 0 Å². The predicted octanol–water partition coefficient (Wildman–Crippen LogP) is 3.13. The molecule has 102 valence electrons. The van der Waals surface area contributed by atoms with Crippen LogP contribution in [0.2, 0.25) is 0 Å². The van der Waals surface area contributed by atoms with Gasteiger partial charge in [0.1, 0.15) is 4.47 Å². The van der Waals surface area contributed by atoms with Crippen molar-refractivity contribution in [2.45, 2.75) is 32.9 Å². The third-order valence-electron chi connectivity index (χ3n) is 2.81. The standard InChI is InChI=1S/C13H16BrN3OS/c1-3-17-13(18)12(14)11(7-15-17)16-9(2)6-10-4-5-19-8-10/h4-5,7-9,16H,3,6H2,1-2H3. The van der Waals surface area contributed by atoms with Crippen LogP contribution in [0, 0.1) is 0 Å². The highest BCUT2D eigenvalue weighted by molar-refractivity contribution is 9.10.